The highest BCUT2D eigenvalue weighted by molar-refractivity contribution is 7.99. The summed E-state index contributed by atoms with van der Waals surface area (Å²) in [4.78, 5) is 11.9. The van der Waals surface area contributed by atoms with Crippen LogP contribution in [0.3, 0.4) is 0 Å². The second-order valence-corrected chi connectivity index (χ2v) is 5.47. The number of nitrogens with two attached hydrogens (primary N) is 1. The van der Waals surface area contributed by atoms with E-state index in [-0.39, 0.29) is 0 Å². The normalized spacial score (nSPS) is 9.90. The monoisotopic (exact) mass is 298 g/mol. The molecule has 0 heterocycles. The Hall–Kier alpha value is -2.45. The van der Waals surface area contributed by atoms with Crippen LogP contribution in [-0.2, 0) is 0 Å². The lowest BCUT2D eigenvalue weighted by Crippen LogP contribution is -2.10. The molecule has 0 saturated heterocycles. The Kier molecular flexibility index (Phi) is 4.85. The maximum absolute atomic E-state index is 11.0. The van der Waals surface area contributed by atoms with Gasteiger partial charge in [-0.25, -0.2) is 0 Å². The minimum atomic E-state index is -0.486. The molecule has 2 aromatic rings. The largest absolute Gasteiger partial charge is 0.456 e. The second-order valence-electron chi connectivity index (χ2n) is 4.16. The minimum Gasteiger partial charge on any atom is -0.456 e. The van der Waals surface area contributed by atoms with Crippen molar-refractivity contribution in [1.82, 2.24) is 0 Å². The number of primary amides is 1. The van der Waals surface area contributed by atoms with Crippen molar-refractivity contribution in [2.45, 2.75) is 11.8 Å². The average molecular weight is 298 g/mol. The fourth-order valence-electron chi connectivity index (χ4n) is 1.80. The molecule has 0 aromatic heterocycles. The molecule has 2 aromatic carbocycles. The molecule has 2 rings (SSSR count). The molecular weight excluding hydrogens is 284 g/mol. The predicted octanol–water partition coefficient (Wildman–Crippen LogP) is 3.56. The van der Waals surface area contributed by atoms with E-state index in [9.17, 15) is 10.1 Å². The van der Waals surface area contributed by atoms with Gasteiger partial charge in [-0.15, -0.1) is 11.8 Å². The summed E-state index contributed by atoms with van der Waals surface area (Å²) in [5.74, 6) is 1.45. The van der Waals surface area contributed by atoms with Crippen LogP contribution >= 0.6 is 11.8 Å². The zero-order valence-electron chi connectivity index (χ0n) is 11.5. The highest BCUT2D eigenvalue weighted by Crippen LogP contribution is 2.32. The van der Waals surface area contributed by atoms with Crippen molar-refractivity contribution in [2.24, 2.45) is 5.73 Å². The van der Waals surface area contributed by atoms with Gasteiger partial charge in [-0.1, -0.05) is 13.0 Å². The number of rotatable bonds is 5. The van der Waals surface area contributed by atoms with E-state index in [1.165, 1.54) is 0 Å². The summed E-state index contributed by atoms with van der Waals surface area (Å²) >= 11 is 1.59. The van der Waals surface area contributed by atoms with E-state index in [4.69, 9.17) is 10.5 Å². The van der Waals surface area contributed by atoms with E-state index in [2.05, 4.69) is 6.07 Å². The number of hydrogen-bond acceptors (Lipinski definition) is 4. The molecule has 0 aliphatic heterocycles. The predicted molar refractivity (Wildman–Crippen MR) is 82.6 cm³/mol. The van der Waals surface area contributed by atoms with Crippen LogP contribution in [0.1, 0.15) is 22.8 Å². The lowest BCUT2D eigenvalue weighted by atomic mass is 10.2. The number of nitriles is 1. The van der Waals surface area contributed by atoms with Crippen LogP contribution in [-0.4, -0.2) is 11.7 Å². The van der Waals surface area contributed by atoms with Gasteiger partial charge in [0, 0.05) is 10.5 Å². The number of benzene rings is 2. The van der Waals surface area contributed by atoms with Gasteiger partial charge in [-0.05, 0) is 42.2 Å². The van der Waals surface area contributed by atoms with E-state index in [0.29, 0.717) is 22.6 Å². The summed E-state index contributed by atoms with van der Waals surface area (Å²) in [6.07, 6.45) is 0. The molecule has 0 atom stereocenters. The molecule has 2 N–H and O–H groups in total. The average Bonchev–Trinajstić information content (AvgIpc) is 2.48. The quantitative estimate of drug-likeness (QED) is 0.856. The standard InChI is InChI=1S/C16H14N2O2S/c1-2-21-15-5-3-4-14(13(15)10-17)20-12-8-6-11(7-9-12)16(18)19/h3-9H,2H2,1H3,(H2,18,19). The minimum absolute atomic E-state index is 0.415. The van der Waals surface area contributed by atoms with Crippen LogP contribution in [0.5, 0.6) is 11.5 Å². The highest BCUT2D eigenvalue weighted by atomic mass is 32.2. The van der Waals surface area contributed by atoms with Gasteiger partial charge in [-0.2, -0.15) is 5.26 Å². The fraction of sp³-hybridized carbons (Fsp3) is 0.125. The van der Waals surface area contributed by atoms with Gasteiger partial charge in [0.05, 0.1) is 0 Å². The van der Waals surface area contributed by atoms with E-state index in [1.807, 2.05) is 19.1 Å². The van der Waals surface area contributed by atoms with Gasteiger partial charge in [0.15, 0.2) is 0 Å². The Balaban J connectivity index is 2.29. The number of carbonyl (C=O) groups is 1. The third kappa shape index (κ3) is 3.56. The highest BCUT2D eigenvalue weighted by Gasteiger charge is 2.10. The van der Waals surface area contributed by atoms with E-state index >= 15 is 0 Å². The van der Waals surface area contributed by atoms with E-state index in [1.54, 1.807) is 42.1 Å². The Labute approximate surface area is 127 Å². The van der Waals surface area contributed by atoms with Crippen molar-refractivity contribution in [3.63, 3.8) is 0 Å². The number of nitrogens with zero attached hydrogens (tertiary/aromatic N) is 1. The molecule has 0 saturated carbocycles. The van der Waals surface area contributed by atoms with E-state index in [0.717, 1.165) is 10.6 Å². The number of amides is 1. The molecule has 0 aliphatic carbocycles. The molecule has 1 amide bonds. The third-order valence-electron chi connectivity index (χ3n) is 2.77. The van der Waals surface area contributed by atoms with Crippen molar-refractivity contribution in [3.05, 3.63) is 53.6 Å². The topological polar surface area (TPSA) is 76.1 Å². The molecular formula is C16H14N2O2S. The van der Waals surface area contributed by atoms with Crippen molar-refractivity contribution in [2.75, 3.05) is 5.75 Å². The van der Waals surface area contributed by atoms with Gasteiger partial charge >= 0.3 is 0 Å². The summed E-state index contributed by atoms with van der Waals surface area (Å²) in [6, 6.07) is 14.2. The smallest absolute Gasteiger partial charge is 0.248 e. The first-order valence-corrected chi connectivity index (χ1v) is 7.38. The SMILES string of the molecule is CCSc1cccc(Oc2ccc(C(N)=O)cc2)c1C#N. The molecule has 4 nitrogen and oxygen atoms in total. The number of thioether (sulfide) groups is 1. The molecule has 0 radical (unpaired) electrons. The summed E-state index contributed by atoms with van der Waals surface area (Å²) in [5.41, 5.74) is 6.12. The first-order chi connectivity index (χ1) is 10.2. The molecule has 5 heteroatoms. The van der Waals surface area contributed by atoms with Gasteiger partial charge in [0.1, 0.15) is 23.1 Å². The van der Waals surface area contributed by atoms with Gasteiger partial charge in [0.25, 0.3) is 0 Å². The Morgan fingerprint density at radius 3 is 2.57 bits per heavy atom. The molecule has 0 spiro atoms. The van der Waals surface area contributed by atoms with Crippen molar-refractivity contribution < 1.29 is 9.53 Å². The summed E-state index contributed by atoms with van der Waals surface area (Å²) < 4.78 is 5.73. The van der Waals surface area contributed by atoms with Crippen LogP contribution in [0.25, 0.3) is 0 Å². The summed E-state index contributed by atoms with van der Waals surface area (Å²) in [7, 11) is 0. The Morgan fingerprint density at radius 2 is 2.00 bits per heavy atom. The summed E-state index contributed by atoms with van der Waals surface area (Å²) in [6.45, 7) is 2.03. The maximum atomic E-state index is 11.0. The lowest BCUT2D eigenvalue weighted by Gasteiger charge is -2.10. The zero-order chi connectivity index (χ0) is 15.2. The first-order valence-electron chi connectivity index (χ1n) is 6.39. The number of hydrogen-bond donors (Lipinski definition) is 1. The van der Waals surface area contributed by atoms with Gasteiger partial charge in [-0.3, -0.25) is 4.79 Å². The first kappa shape index (κ1) is 14.9. The van der Waals surface area contributed by atoms with E-state index < -0.39 is 5.91 Å². The zero-order valence-corrected chi connectivity index (χ0v) is 12.3. The van der Waals surface area contributed by atoms with Crippen LogP contribution in [0.4, 0.5) is 0 Å². The molecule has 0 aliphatic rings. The number of ether oxygens (including phenoxy) is 1. The third-order valence-corrected chi connectivity index (χ3v) is 3.71. The molecule has 0 unspecified atom stereocenters. The van der Waals surface area contributed by atoms with Crippen molar-refractivity contribution in [1.29, 1.82) is 5.26 Å². The lowest BCUT2D eigenvalue weighted by molar-refractivity contribution is 0.100. The van der Waals surface area contributed by atoms with Crippen LogP contribution < -0.4 is 10.5 Å². The molecule has 106 valence electrons. The van der Waals surface area contributed by atoms with Gasteiger partial charge in [0.2, 0.25) is 5.91 Å². The van der Waals surface area contributed by atoms with Crippen LogP contribution in [0.2, 0.25) is 0 Å². The summed E-state index contributed by atoms with van der Waals surface area (Å²) in [5, 5.41) is 9.32. The molecule has 21 heavy (non-hydrogen) atoms. The van der Waals surface area contributed by atoms with Gasteiger partial charge < -0.3 is 10.5 Å². The Bertz CT molecular complexity index is 690. The fourth-order valence-corrected chi connectivity index (χ4v) is 2.57. The Morgan fingerprint density at radius 1 is 1.29 bits per heavy atom. The maximum Gasteiger partial charge on any atom is 0.248 e. The molecule has 0 bridgehead atoms. The number of carbonyl (C=O) groups excluding carboxylic acids is 1. The molecule has 0 fully saturated rings. The van der Waals surface area contributed by atoms with Crippen LogP contribution in [0.15, 0.2) is 47.4 Å². The van der Waals surface area contributed by atoms with Crippen molar-refractivity contribution in [3.8, 4) is 17.6 Å². The van der Waals surface area contributed by atoms with Crippen LogP contribution in [0, 0.1) is 11.3 Å². The second kappa shape index (κ2) is 6.82. The van der Waals surface area contributed by atoms with Crippen molar-refractivity contribution >= 4 is 17.7 Å².